The van der Waals surface area contributed by atoms with E-state index in [4.69, 9.17) is 27.9 Å². The predicted octanol–water partition coefficient (Wildman–Crippen LogP) is 5.73. The van der Waals surface area contributed by atoms with E-state index in [0.29, 0.717) is 10.9 Å². The summed E-state index contributed by atoms with van der Waals surface area (Å²) in [4.78, 5) is 4.50. The third-order valence-electron chi connectivity index (χ3n) is 3.23. The molecule has 2 nitrogen and oxygen atoms in total. The van der Waals surface area contributed by atoms with Gasteiger partial charge in [0, 0.05) is 16.5 Å². The van der Waals surface area contributed by atoms with E-state index in [2.05, 4.69) is 4.98 Å². The van der Waals surface area contributed by atoms with Crippen molar-refractivity contribution in [3.63, 3.8) is 0 Å². The predicted molar refractivity (Wildman–Crippen MR) is 87.6 cm³/mol. The summed E-state index contributed by atoms with van der Waals surface area (Å²) in [6.45, 7) is 1.97. The zero-order valence-corrected chi connectivity index (χ0v) is 12.9. The molecule has 3 rings (SSSR count). The number of aryl methyl sites for hydroxylation is 1. The summed E-state index contributed by atoms with van der Waals surface area (Å²) in [7, 11) is 0. The standard InChI is InChI=1S/C17H13Cl2NO/c1-11-8-12(19)6-7-16(11)21-17-9-13(10-18)20-15-5-3-2-4-14(15)17/h2-9H,10H2,1H3. The van der Waals surface area contributed by atoms with Gasteiger partial charge in [-0.25, -0.2) is 0 Å². The fourth-order valence-corrected chi connectivity index (χ4v) is 2.56. The number of ether oxygens (including phenoxy) is 1. The van der Waals surface area contributed by atoms with Crippen LogP contribution in [0.25, 0.3) is 10.9 Å². The zero-order valence-electron chi connectivity index (χ0n) is 11.4. The second-order valence-electron chi connectivity index (χ2n) is 4.77. The van der Waals surface area contributed by atoms with Crippen LogP contribution in [0, 0.1) is 6.92 Å². The van der Waals surface area contributed by atoms with E-state index in [9.17, 15) is 0 Å². The molecule has 4 heteroatoms. The van der Waals surface area contributed by atoms with Gasteiger partial charge in [-0.2, -0.15) is 0 Å². The number of fused-ring (bicyclic) bond motifs is 1. The Morgan fingerprint density at radius 3 is 2.62 bits per heavy atom. The fraction of sp³-hybridized carbons (Fsp3) is 0.118. The Kier molecular flexibility index (Phi) is 4.00. The highest BCUT2D eigenvalue weighted by atomic mass is 35.5. The molecule has 0 atom stereocenters. The molecule has 0 amide bonds. The van der Waals surface area contributed by atoms with Crippen LogP contribution in [0.2, 0.25) is 5.02 Å². The third-order valence-corrected chi connectivity index (χ3v) is 3.73. The first-order chi connectivity index (χ1) is 10.2. The van der Waals surface area contributed by atoms with Crippen molar-refractivity contribution in [1.82, 2.24) is 4.98 Å². The first-order valence-electron chi connectivity index (χ1n) is 6.56. The Bertz CT molecular complexity index is 802. The van der Waals surface area contributed by atoms with E-state index in [1.807, 2.05) is 55.5 Å². The van der Waals surface area contributed by atoms with E-state index in [1.165, 1.54) is 0 Å². The quantitative estimate of drug-likeness (QED) is 0.576. The second kappa shape index (κ2) is 5.92. The van der Waals surface area contributed by atoms with Crippen LogP contribution in [0.1, 0.15) is 11.3 Å². The average molecular weight is 318 g/mol. The lowest BCUT2D eigenvalue weighted by Gasteiger charge is -2.12. The normalized spacial score (nSPS) is 10.8. The monoisotopic (exact) mass is 317 g/mol. The van der Waals surface area contributed by atoms with E-state index in [0.717, 1.165) is 33.7 Å². The maximum atomic E-state index is 6.06. The Morgan fingerprint density at radius 1 is 1.05 bits per heavy atom. The van der Waals surface area contributed by atoms with Crippen LogP contribution in [-0.4, -0.2) is 4.98 Å². The maximum absolute atomic E-state index is 6.06. The number of pyridine rings is 1. The van der Waals surface area contributed by atoms with Crippen LogP contribution in [-0.2, 0) is 5.88 Å². The molecule has 0 saturated carbocycles. The van der Waals surface area contributed by atoms with Crippen molar-refractivity contribution >= 4 is 34.1 Å². The summed E-state index contributed by atoms with van der Waals surface area (Å²) < 4.78 is 6.06. The van der Waals surface area contributed by atoms with Gasteiger partial charge in [0.05, 0.1) is 17.1 Å². The van der Waals surface area contributed by atoms with Crippen LogP contribution in [0.3, 0.4) is 0 Å². The Balaban J connectivity index is 2.10. The molecule has 0 aliphatic rings. The number of para-hydroxylation sites is 1. The van der Waals surface area contributed by atoms with Crippen molar-refractivity contribution in [2.45, 2.75) is 12.8 Å². The van der Waals surface area contributed by atoms with Crippen molar-refractivity contribution in [2.75, 3.05) is 0 Å². The molecule has 0 aliphatic heterocycles. The van der Waals surface area contributed by atoms with Gasteiger partial charge in [-0.3, -0.25) is 4.98 Å². The first-order valence-corrected chi connectivity index (χ1v) is 7.47. The van der Waals surface area contributed by atoms with Crippen LogP contribution >= 0.6 is 23.2 Å². The topological polar surface area (TPSA) is 22.1 Å². The van der Waals surface area contributed by atoms with Crippen molar-refractivity contribution < 1.29 is 4.74 Å². The molecule has 21 heavy (non-hydrogen) atoms. The van der Waals surface area contributed by atoms with Crippen LogP contribution in [0.5, 0.6) is 11.5 Å². The molecule has 1 heterocycles. The summed E-state index contributed by atoms with van der Waals surface area (Å²) in [5.74, 6) is 1.87. The fourth-order valence-electron chi connectivity index (χ4n) is 2.19. The minimum atomic E-state index is 0.348. The zero-order chi connectivity index (χ0) is 14.8. The number of rotatable bonds is 3. The van der Waals surface area contributed by atoms with Gasteiger partial charge in [-0.1, -0.05) is 23.7 Å². The molecule has 0 spiro atoms. The van der Waals surface area contributed by atoms with Gasteiger partial charge in [0.15, 0.2) is 0 Å². The molecule has 2 aromatic carbocycles. The van der Waals surface area contributed by atoms with Gasteiger partial charge in [-0.05, 0) is 42.8 Å². The Morgan fingerprint density at radius 2 is 1.86 bits per heavy atom. The Labute approximate surface area is 133 Å². The van der Waals surface area contributed by atoms with Gasteiger partial charge >= 0.3 is 0 Å². The van der Waals surface area contributed by atoms with Crippen molar-refractivity contribution in [3.8, 4) is 11.5 Å². The number of alkyl halides is 1. The van der Waals surface area contributed by atoms with Gasteiger partial charge in [-0.15, -0.1) is 11.6 Å². The molecule has 0 aliphatic carbocycles. The molecule has 0 unspecified atom stereocenters. The molecule has 0 radical (unpaired) electrons. The van der Waals surface area contributed by atoms with E-state index >= 15 is 0 Å². The second-order valence-corrected chi connectivity index (χ2v) is 5.48. The number of halogens is 2. The Hall–Kier alpha value is -1.77. The largest absolute Gasteiger partial charge is 0.456 e. The number of hydrogen-bond acceptors (Lipinski definition) is 2. The molecule has 3 aromatic rings. The van der Waals surface area contributed by atoms with Gasteiger partial charge in [0.25, 0.3) is 0 Å². The number of benzene rings is 2. The van der Waals surface area contributed by atoms with Crippen LogP contribution in [0.4, 0.5) is 0 Å². The van der Waals surface area contributed by atoms with Crippen molar-refractivity contribution in [3.05, 3.63) is 64.8 Å². The molecule has 0 N–H and O–H groups in total. The SMILES string of the molecule is Cc1cc(Cl)ccc1Oc1cc(CCl)nc2ccccc12. The molecule has 0 fully saturated rings. The summed E-state index contributed by atoms with van der Waals surface area (Å²) in [5, 5.41) is 1.65. The summed E-state index contributed by atoms with van der Waals surface area (Å²) >= 11 is 11.9. The summed E-state index contributed by atoms with van der Waals surface area (Å²) in [5.41, 5.74) is 2.64. The summed E-state index contributed by atoms with van der Waals surface area (Å²) in [6.07, 6.45) is 0. The minimum absolute atomic E-state index is 0.348. The number of nitrogens with zero attached hydrogens (tertiary/aromatic N) is 1. The van der Waals surface area contributed by atoms with Crippen molar-refractivity contribution in [2.24, 2.45) is 0 Å². The van der Waals surface area contributed by atoms with Crippen LogP contribution < -0.4 is 4.74 Å². The lowest BCUT2D eigenvalue weighted by atomic mass is 10.1. The molecule has 0 bridgehead atoms. The first kappa shape index (κ1) is 14.2. The minimum Gasteiger partial charge on any atom is -0.456 e. The number of hydrogen-bond donors (Lipinski definition) is 0. The van der Waals surface area contributed by atoms with Gasteiger partial charge in [0.2, 0.25) is 0 Å². The maximum Gasteiger partial charge on any atom is 0.138 e. The number of aromatic nitrogens is 1. The van der Waals surface area contributed by atoms with E-state index in [-0.39, 0.29) is 0 Å². The van der Waals surface area contributed by atoms with E-state index in [1.54, 1.807) is 0 Å². The molecular formula is C17H13Cl2NO. The highest BCUT2D eigenvalue weighted by molar-refractivity contribution is 6.30. The average Bonchev–Trinajstić information content (AvgIpc) is 2.49. The molecular weight excluding hydrogens is 305 g/mol. The lowest BCUT2D eigenvalue weighted by molar-refractivity contribution is 0.483. The summed E-state index contributed by atoms with van der Waals surface area (Å²) in [6, 6.07) is 15.3. The van der Waals surface area contributed by atoms with Gasteiger partial charge < -0.3 is 4.74 Å². The van der Waals surface area contributed by atoms with Crippen LogP contribution in [0.15, 0.2) is 48.5 Å². The molecule has 0 saturated heterocycles. The van der Waals surface area contributed by atoms with Gasteiger partial charge in [0.1, 0.15) is 11.5 Å². The van der Waals surface area contributed by atoms with Crippen molar-refractivity contribution in [1.29, 1.82) is 0 Å². The third kappa shape index (κ3) is 2.97. The molecule has 106 valence electrons. The highest BCUT2D eigenvalue weighted by Crippen LogP contribution is 2.32. The van der Waals surface area contributed by atoms with E-state index < -0.39 is 0 Å². The lowest BCUT2D eigenvalue weighted by Crippen LogP contribution is -1.93. The smallest absolute Gasteiger partial charge is 0.138 e. The molecule has 1 aromatic heterocycles. The highest BCUT2D eigenvalue weighted by Gasteiger charge is 2.09.